The van der Waals surface area contributed by atoms with Gasteiger partial charge >= 0.3 is 0 Å². The Morgan fingerprint density at radius 3 is 2.67 bits per heavy atom. The highest BCUT2D eigenvalue weighted by Gasteiger charge is 2.40. The number of hydrogen-bond acceptors (Lipinski definition) is 5. The van der Waals surface area contributed by atoms with E-state index in [4.69, 9.17) is 5.73 Å². The van der Waals surface area contributed by atoms with Crippen LogP contribution in [0.4, 0.5) is 5.82 Å². The Labute approximate surface area is 107 Å². The summed E-state index contributed by atoms with van der Waals surface area (Å²) in [4.78, 5) is 24.3. The van der Waals surface area contributed by atoms with Crippen LogP contribution in [-0.2, 0) is 11.3 Å². The van der Waals surface area contributed by atoms with Crippen molar-refractivity contribution in [3.8, 4) is 0 Å². The third-order valence-electron chi connectivity index (χ3n) is 3.44. The van der Waals surface area contributed by atoms with Gasteiger partial charge < -0.3 is 10.6 Å². The van der Waals surface area contributed by atoms with Crippen LogP contribution in [0.5, 0.6) is 0 Å². The summed E-state index contributed by atoms with van der Waals surface area (Å²) in [7, 11) is 1.84. The number of carbonyl (C=O) groups excluding carboxylic acids is 1. The van der Waals surface area contributed by atoms with Crippen molar-refractivity contribution in [2.45, 2.75) is 25.9 Å². The molecule has 0 saturated carbocycles. The van der Waals surface area contributed by atoms with Crippen molar-refractivity contribution in [3.05, 3.63) is 18.1 Å². The lowest BCUT2D eigenvalue weighted by Crippen LogP contribution is -2.61. The third-order valence-corrected chi connectivity index (χ3v) is 3.44. The normalized spacial score (nSPS) is 20.2. The summed E-state index contributed by atoms with van der Waals surface area (Å²) in [5, 5.41) is 0. The lowest BCUT2D eigenvalue weighted by atomic mass is 9.97. The first-order chi connectivity index (χ1) is 8.41. The Morgan fingerprint density at radius 2 is 2.06 bits per heavy atom. The molecule has 2 rings (SSSR count). The highest BCUT2D eigenvalue weighted by molar-refractivity contribution is 5.86. The molecule has 18 heavy (non-hydrogen) atoms. The Morgan fingerprint density at radius 1 is 1.33 bits per heavy atom. The predicted molar refractivity (Wildman–Crippen MR) is 68.6 cm³/mol. The van der Waals surface area contributed by atoms with E-state index >= 15 is 0 Å². The number of carbonyl (C=O) groups is 1. The molecule has 6 nitrogen and oxygen atoms in total. The van der Waals surface area contributed by atoms with E-state index in [1.807, 2.05) is 20.9 Å². The van der Waals surface area contributed by atoms with Gasteiger partial charge in [0.2, 0.25) is 5.91 Å². The maximum Gasteiger partial charge on any atom is 0.242 e. The van der Waals surface area contributed by atoms with E-state index in [2.05, 4.69) is 14.9 Å². The van der Waals surface area contributed by atoms with Crippen molar-refractivity contribution in [3.63, 3.8) is 0 Å². The lowest BCUT2D eigenvalue weighted by Gasteiger charge is -2.44. The minimum Gasteiger partial charge on any atom is -0.382 e. The molecule has 1 amide bonds. The Bertz CT molecular complexity index is 442. The lowest BCUT2D eigenvalue weighted by molar-refractivity contribution is -0.147. The standard InChI is InChI=1S/C12H19N5O/c1-12(2)11(18)16(3)4-5-17(12)8-9-6-15-10(13)7-14-9/h6-7H,4-5,8H2,1-3H3,(H2,13,15). The van der Waals surface area contributed by atoms with E-state index in [-0.39, 0.29) is 5.91 Å². The van der Waals surface area contributed by atoms with Crippen LogP contribution in [0, 0.1) is 0 Å². The average molecular weight is 249 g/mol. The first kappa shape index (κ1) is 12.8. The van der Waals surface area contributed by atoms with Crippen LogP contribution in [0.2, 0.25) is 0 Å². The highest BCUT2D eigenvalue weighted by atomic mass is 16.2. The van der Waals surface area contributed by atoms with Gasteiger partial charge in [-0.25, -0.2) is 4.98 Å². The molecular weight excluding hydrogens is 230 g/mol. The zero-order chi connectivity index (χ0) is 13.3. The zero-order valence-corrected chi connectivity index (χ0v) is 11.1. The number of rotatable bonds is 2. The van der Waals surface area contributed by atoms with E-state index in [0.717, 1.165) is 18.8 Å². The van der Waals surface area contributed by atoms with Crippen molar-refractivity contribution < 1.29 is 4.79 Å². The number of hydrogen-bond donors (Lipinski definition) is 1. The minimum atomic E-state index is -0.504. The quantitative estimate of drug-likeness (QED) is 0.805. The summed E-state index contributed by atoms with van der Waals surface area (Å²) in [5.74, 6) is 0.546. The summed E-state index contributed by atoms with van der Waals surface area (Å²) in [6.07, 6.45) is 3.20. The van der Waals surface area contributed by atoms with Crippen LogP contribution in [0.15, 0.2) is 12.4 Å². The van der Waals surface area contributed by atoms with Crippen LogP contribution in [0.3, 0.4) is 0 Å². The summed E-state index contributed by atoms with van der Waals surface area (Å²) < 4.78 is 0. The van der Waals surface area contributed by atoms with E-state index < -0.39 is 5.54 Å². The van der Waals surface area contributed by atoms with E-state index in [1.165, 1.54) is 0 Å². The van der Waals surface area contributed by atoms with Gasteiger partial charge in [0, 0.05) is 26.7 Å². The van der Waals surface area contributed by atoms with Crippen LogP contribution < -0.4 is 5.73 Å². The first-order valence-corrected chi connectivity index (χ1v) is 5.98. The van der Waals surface area contributed by atoms with Crippen LogP contribution in [0.1, 0.15) is 19.5 Å². The molecule has 0 atom stereocenters. The van der Waals surface area contributed by atoms with Gasteiger partial charge in [-0.1, -0.05) is 0 Å². The second kappa shape index (κ2) is 4.53. The first-order valence-electron chi connectivity index (χ1n) is 5.98. The molecule has 1 aromatic rings. The van der Waals surface area contributed by atoms with Gasteiger partial charge in [0.1, 0.15) is 5.82 Å². The highest BCUT2D eigenvalue weighted by Crippen LogP contribution is 2.23. The number of nitrogens with two attached hydrogens (primary N) is 1. The molecule has 0 unspecified atom stereocenters. The van der Waals surface area contributed by atoms with E-state index in [0.29, 0.717) is 12.4 Å². The molecule has 1 aliphatic heterocycles. The van der Waals surface area contributed by atoms with Crippen molar-refractivity contribution in [1.29, 1.82) is 0 Å². The van der Waals surface area contributed by atoms with E-state index in [1.54, 1.807) is 17.3 Å². The molecule has 0 spiro atoms. The number of likely N-dealkylation sites (N-methyl/N-ethyl adjacent to an activating group) is 1. The molecule has 2 N–H and O–H groups in total. The number of nitrogen functional groups attached to an aromatic ring is 1. The van der Waals surface area contributed by atoms with Gasteiger partial charge in [-0.3, -0.25) is 14.7 Å². The van der Waals surface area contributed by atoms with Gasteiger partial charge in [0.15, 0.2) is 0 Å². The summed E-state index contributed by atoms with van der Waals surface area (Å²) in [6.45, 7) is 6.07. The molecule has 1 saturated heterocycles. The molecule has 0 aromatic carbocycles. The van der Waals surface area contributed by atoms with Gasteiger partial charge in [-0.05, 0) is 13.8 Å². The van der Waals surface area contributed by atoms with Gasteiger partial charge in [0.05, 0.1) is 23.6 Å². The minimum absolute atomic E-state index is 0.136. The second-order valence-electron chi connectivity index (χ2n) is 5.14. The fourth-order valence-electron chi connectivity index (χ4n) is 2.17. The Hall–Kier alpha value is -1.69. The predicted octanol–water partition coefficient (Wildman–Crippen LogP) is 0.111. The van der Waals surface area contributed by atoms with Crippen molar-refractivity contribution in [2.24, 2.45) is 0 Å². The van der Waals surface area contributed by atoms with Gasteiger partial charge in [-0.15, -0.1) is 0 Å². The SMILES string of the molecule is CN1CCN(Cc2cnc(N)cn2)C(C)(C)C1=O. The number of nitrogens with zero attached hydrogens (tertiary/aromatic N) is 4. The number of amides is 1. The van der Waals surface area contributed by atoms with Crippen molar-refractivity contribution >= 4 is 11.7 Å². The smallest absolute Gasteiger partial charge is 0.242 e. The molecule has 1 fully saturated rings. The fourth-order valence-corrected chi connectivity index (χ4v) is 2.17. The molecule has 0 bridgehead atoms. The van der Waals surface area contributed by atoms with Crippen LogP contribution in [-0.4, -0.2) is 51.4 Å². The molecule has 6 heteroatoms. The summed E-state index contributed by atoms with van der Waals surface area (Å²) >= 11 is 0. The van der Waals surface area contributed by atoms with Crippen LogP contribution >= 0.6 is 0 Å². The van der Waals surface area contributed by atoms with Crippen molar-refractivity contribution in [2.75, 3.05) is 25.9 Å². The summed E-state index contributed by atoms with van der Waals surface area (Å²) in [6, 6.07) is 0. The molecule has 1 aromatic heterocycles. The number of anilines is 1. The second-order valence-corrected chi connectivity index (χ2v) is 5.14. The van der Waals surface area contributed by atoms with E-state index in [9.17, 15) is 4.79 Å². The van der Waals surface area contributed by atoms with Gasteiger partial charge in [-0.2, -0.15) is 0 Å². The number of piperazine rings is 1. The molecule has 0 radical (unpaired) electrons. The molecule has 2 heterocycles. The van der Waals surface area contributed by atoms with Crippen LogP contribution in [0.25, 0.3) is 0 Å². The monoisotopic (exact) mass is 249 g/mol. The van der Waals surface area contributed by atoms with Gasteiger partial charge in [0.25, 0.3) is 0 Å². The fraction of sp³-hybridized carbons (Fsp3) is 0.583. The third kappa shape index (κ3) is 2.28. The molecular formula is C12H19N5O. The molecule has 98 valence electrons. The topological polar surface area (TPSA) is 75.3 Å². The maximum absolute atomic E-state index is 12.1. The Balaban J connectivity index is 2.14. The molecule has 1 aliphatic rings. The maximum atomic E-state index is 12.1. The average Bonchev–Trinajstić information content (AvgIpc) is 2.33. The Kier molecular flexibility index (Phi) is 3.21. The largest absolute Gasteiger partial charge is 0.382 e. The van der Waals surface area contributed by atoms with Crippen molar-refractivity contribution in [1.82, 2.24) is 19.8 Å². The zero-order valence-electron chi connectivity index (χ0n) is 11.1. The number of aromatic nitrogens is 2. The molecule has 0 aliphatic carbocycles. The summed E-state index contributed by atoms with van der Waals surface area (Å²) in [5.41, 5.74) is 5.83.